The summed E-state index contributed by atoms with van der Waals surface area (Å²) in [6.45, 7) is 6.28. The summed E-state index contributed by atoms with van der Waals surface area (Å²) in [5.74, 6) is 1.75. The number of hydrogen-bond acceptors (Lipinski definition) is 4. The molecule has 0 bridgehead atoms. The monoisotopic (exact) mass is 446 g/mol. The second-order valence-electron chi connectivity index (χ2n) is 7.86. The third-order valence-electron chi connectivity index (χ3n) is 5.10. The van der Waals surface area contributed by atoms with Gasteiger partial charge in [-0.15, -0.1) is 0 Å². The van der Waals surface area contributed by atoms with Gasteiger partial charge in [0, 0.05) is 60.1 Å². The number of thioether (sulfide) groups is 1. The minimum atomic E-state index is -3.58. The van der Waals surface area contributed by atoms with Crippen molar-refractivity contribution in [1.82, 2.24) is 13.9 Å². The highest BCUT2D eigenvalue weighted by atomic mass is 32.2. The second-order valence-corrected chi connectivity index (χ2v) is 11.0. The van der Waals surface area contributed by atoms with Crippen LogP contribution in [-0.2, 0) is 16.6 Å². The molecular weight excluding hydrogens is 420 g/mol. The van der Waals surface area contributed by atoms with Gasteiger partial charge in [-0.3, -0.25) is 4.79 Å². The molecule has 30 heavy (non-hydrogen) atoms. The van der Waals surface area contributed by atoms with E-state index in [-0.39, 0.29) is 16.5 Å². The molecule has 2 N–H and O–H groups in total. The van der Waals surface area contributed by atoms with Gasteiger partial charge >= 0.3 is 0 Å². The van der Waals surface area contributed by atoms with Crippen molar-refractivity contribution in [3.05, 3.63) is 48.4 Å². The maximum Gasteiger partial charge on any atom is 0.272 e. The molecule has 1 fully saturated rings. The molecule has 1 amide bonds. The van der Waals surface area contributed by atoms with E-state index in [9.17, 15) is 13.2 Å². The average molecular weight is 447 g/mol. The van der Waals surface area contributed by atoms with Crippen LogP contribution in [0.25, 0.3) is 10.9 Å². The number of amides is 1. The van der Waals surface area contributed by atoms with Crippen LogP contribution in [0.5, 0.6) is 0 Å². The molecule has 0 atom stereocenters. The molecule has 3 aromatic rings. The Morgan fingerprint density at radius 3 is 2.70 bits per heavy atom. The fraction of sp³-hybridized carbons (Fsp3) is 0.381. The van der Waals surface area contributed by atoms with Gasteiger partial charge in [0.2, 0.25) is 10.0 Å². The minimum absolute atomic E-state index is 0.126. The Balaban J connectivity index is 1.49. The third-order valence-corrected chi connectivity index (χ3v) is 7.92. The normalized spacial score (nSPS) is 15.7. The van der Waals surface area contributed by atoms with Crippen molar-refractivity contribution >= 4 is 44.3 Å². The molecule has 1 aromatic carbocycles. The zero-order valence-corrected chi connectivity index (χ0v) is 18.7. The number of fused-ring (bicyclic) bond motifs is 1. The van der Waals surface area contributed by atoms with E-state index in [4.69, 9.17) is 0 Å². The van der Waals surface area contributed by atoms with E-state index in [1.807, 2.05) is 24.3 Å². The van der Waals surface area contributed by atoms with Crippen LogP contribution >= 0.6 is 11.8 Å². The topological polar surface area (TPSA) is 87.2 Å². The number of benzene rings is 1. The van der Waals surface area contributed by atoms with Crippen LogP contribution in [0.2, 0.25) is 0 Å². The number of sulfonamides is 1. The third kappa shape index (κ3) is 4.28. The minimum Gasteiger partial charge on any atom is -0.356 e. The van der Waals surface area contributed by atoms with Gasteiger partial charge in [-0.1, -0.05) is 13.8 Å². The van der Waals surface area contributed by atoms with E-state index in [0.717, 1.165) is 29.0 Å². The molecule has 0 spiro atoms. The van der Waals surface area contributed by atoms with Crippen molar-refractivity contribution in [2.75, 3.05) is 29.9 Å². The van der Waals surface area contributed by atoms with E-state index in [0.29, 0.717) is 24.7 Å². The van der Waals surface area contributed by atoms with Gasteiger partial charge < -0.3 is 14.9 Å². The first-order valence-electron chi connectivity index (χ1n) is 10.0. The number of hydrogen-bond donors (Lipinski definition) is 2. The van der Waals surface area contributed by atoms with Crippen LogP contribution in [0, 0.1) is 5.92 Å². The standard InChI is InChI=1S/C21H26N4O3S2/c1-15(2)14-24-6-5-16-11-17(3-4-20(16)24)23-21(26)19-12-18(13-22-19)30(27,28)25-7-9-29-10-8-25/h3-6,11-13,15,22H,7-10,14H2,1-2H3,(H,23,26). The highest BCUT2D eigenvalue weighted by Gasteiger charge is 2.27. The number of carbonyl (C=O) groups excluding carboxylic acids is 1. The van der Waals surface area contributed by atoms with E-state index in [1.54, 1.807) is 11.8 Å². The van der Waals surface area contributed by atoms with Gasteiger partial charge in [0.25, 0.3) is 5.91 Å². The van der Waals surface area contributed by atoms with Crippen LogP contribution < -0.4 is 5.32 Å². The van der Waals surface area contributed by atoms with E-state index in [1.165, 1.54) is 16.6 Å². The predicted octanol–water partition coefficient (Wildman–Crippen LogP) is 3.62. The van der Waals surface area contributed by atoms with E-state index >= 15 is 0 Å². The lowest BCUT2D eigenvalue weighted by atomic mass is 10.2. The fourth-order valence-electron chi connectivity index (χ4n) is 3.62. The summed E-state index contributed by atoms with van der Waals surface area (Å²) < 4.78 is 29.2. The second kappa shape index (κ2) is 8.49. The van der Waals surface area contributed by atoms with Gasteiger partial charge in [0.15, 0.2) is 0 Å². The summed E-state index contributed by atoms with van der Waals surface area (Å²) in [6, 6.07) is 9.22. The van der Waals surface area contributed by atoms with Gasteiger partial charge in [-0.25, -0.2) is 8.42 Å². The molecule has 0 unspecified atom stereocenters. The maximum atomic E-state index is 12.8. The van der Waals surface area contributed by atoms with Gasteiger partial charge in [0.05, 0.1) is 0 Å². The summed E-state index contributed by atoms with van der Waals surface area (Å²) in [5.41, 5.74) is 2.01. The molecule has 0 radical (unpaired) electrons. The fourth-order valence-corrected chi connectivity index (χ4v) is 6.19. The first kappa shape index (κ1) is 21.0. The lowest BCUT2D eigenvalue weighted by molar-refractivity contribution is 0.102. The molecule has 1 aliphatic heterocycles. The average Bonchev–Trinajstić information content (AvgIpc) is 3.36. The molecule has 9 heteroatoms. The first-order chi connectivity index (χ1) is 14.3. The molecule has 1 saturated heterocycles. The quantitative estimate of drug-likeness (QED) is 0.606. The number of rotatable bonds is 6. The van der Waals surface area contributed by atoms with Crippen LogP contribution in [0.1, 0.15) is 24.3 Å². The molecule has 0 aliphatic carbocycles. The smallest absolute Gasteiger partial charge is 0.272 e. The van der Waals surface area contributed by atoms with Crippen molar-refractivity contribution in [1.29, 1.82) is 0 Å². The maximum absolute atomic E-state index is 12.8. The van der Waals surface area contributed by atoms with Crippen LogP contribution in [0.15, 0.2) is 47.6 Å². The number of carbonyl (C=O) groups is 1. The summed E-state index contributed by atoms with van der Waals surface area (Å²) in [7, 11) is -3.58. The lowest BCUT2D eigenvalue weighted by Gasteiger charge is -2.24. The number of anilines is 1. The molecular formula is C21H26N4O3S2. The number of H-pyrrole nitrogens is 1. The zero-order valence-electron chi connectivity index (χ0n) is 17.1. The van der Waals surface area contributed by atoms with Crippen LogP contribution in [-0.4, -0.2) is 52.8 Å². The van der Waals surface area contributed by atoms with Crippen LogP contribution in [0.4, 0.5) is 5.69 Å². The van der Waals surface area contributed by atoms with Crippen molar-refractivity contribution in [2.45, 2.75) is 25.3 Å². The summed E-state index contributed by atoms with van der Waals surface area (Å²) in [6.07, 6.45) is 3.44. The molecule has 3 heterocycles. The Morgan fingerprint density at radius 2 is 1.97 bits per heavy atom. The van der Waals surface area contributed by atoms with Crippen LogP contribution in [0.3, 0.4) is 0 Å². The summed E-state index contributed by atoms with van der Waals surface area (Å²) in [5, 5.41) is 3.90. The molecule has 7 nitrogen and oxygen atoms in total. The lowest BCUT2D eigenvalue weighted by Crippen LogP contribution is -2.37. The molecule has 2 aromatic heterocycles. The van der Waals surface area contributed by atoms with E-state index < -0.39 is 10.0 Å². The Labute approximate surface area is 180 Å². The van der Waals surface area contributed by atoms with Gasteiger partial charge in [-0.05, 0) is 36.2 Å². The van der Waals surface area contributed by atoms with Crippen molar-refractivity contribution < 1.29 is 13.2 Å². The first-order valence-corrected chi connectivity index (χ1v) is 12.6. The Morgan fingerprint density at radius 1 is 1.20 bits per heavy atom. The zero-order chi connectivity index (χ0) is 21.3. The Bertz CT molecular complexity index is 1160. The Kier molecular flexibility index (Phi) is 5.95. The summed E-state index contributed by atoms with van der Waals surface area (Å²) in [4.78, 5) is 15.6. The SMILES string of the molecule is CC(C)Cn1ccc2cc(NC(=O)c3cc(S(=O)(=O)N4CCSCC4)c[nH]3)ccc21. The largest absolute Gasteiger partial charge is 0.356 e. The molecule has 0 saturated carbocycles. The number of nitrogens with one attached hydrogen (secondary N) is 2. The number of nitrogens with zero attached hydrogens (tertiary/aromatic N) is 2. The predicted molar refractivity (Wildman–Crippen MR) is 122 cm³/mol. The van der Waals surface area contributed by atoms with Crippen molar-refractivity contribution in [2.24, 2.45) is 5.92 Å². The number of aromatic amines is 1. The van der Waals surface area contributed by atoms with E-state index in [2.05, 4.69) is 34.9 Å². The summed E-state index contributed by atoms with van der Waals surface area (Å²) >= 11 is 1.75. The Hall–Kier alpha value is -2.23. The molecule has 4 rings (SSSR count). The molecule has 1 aliphatic rings. The van der Waals surface area contributed by atoms with Crippen molar-refractivity contribution in [3.63, 3.8) is 0 Å². The highest BCUT2D eigenvalue weighted by molar-refractivity contribution is 7.99. The van der Waals surface area contributed by atoms with Gasteiger partial charge in [0.1, 0.15) is 10.6 Å². The highest BCUT2D eigenvalue weighted by Crippen LogP contribution is 2.23. The van der Waals surface area contributed by atoms with Gasteiger partial charge in [-0.2, -0.15) is 16.1 Å². The number of aromatic nitrogens is 2. The molecule has 160 valence electrons. The van der Waals surface area contributed by atoms with Crippen molar-refractivity contribution in [3.8, 4) is 0 Å².